The van der Waals surface area contributed by atoms with Crippen LogP contribution in [0.2, 0.25) is 0 Å². The topological polar surface area (TPSA) is 137 Å². The average Bonchev–Trinajstić information content (AvgIpc) is 2.11. The zero-order valence-corrected chi connectivity index (χ0v) is 7.20. The van der Waals surface area contributed by atoms with E-state index in [-0.39, 0.29) is 5.71 Å². The second-order valence-corrected chi connectivity index (χ2v) is 2.51. The van der Waals surface area contributed by atoms with Crippen LogP contribution in [-0.4, -0.2) is 45.6 Å². The molecule has 0 fully saturated rings. The summed E-state index contributed by atoms with van der Waals surface area (Å²) in [6, 6.07) is 0. The second-order valence-electron chi connectivity index (χ2n) is 2.51. The maximum absolute atomic E-state index is 9.31. The lowest BCUT2D eigenvalue weighted by atomic mass is 10.1. The van der Waals surface area contributed by atoms with Gasteiger partial charge in [0.1, 0.15) is 17.9 Å². The minimum absolute atomic E-state index is 0.101. The fourth-order valence-corrected chi connectivity index (χ4v) is 0.701. The van der Waals surface area contributed by atoms with Crippen molar-refractivity contribution in [1.29, 1.82) is 0 Å². The molecule has 7 N–H and O–H groups in total. The van der Waals surface area contributed by atoms with Crippen LogP contribution in [0.3, 0.4) is 0 Å². The predicted molar refractivity (Wildman–Crippen MR) is 48.0 cm³/mol. The molecule has 0 spiro atoms. The fraction of sp³-hybridized carbons (Fsp3) is 0.667. The minimum Gasteiger partial charge on any atom is -0.391 e. The molecule has 0 rings (SSSR count). The molecule has 0 aliphatic rings. The highest BCUT2D eigenvalue weighted by atomic mass is 16.4. The van der Waals surface area contributed by atoms with Gasteiger partial charge < -0.3 is 27.0 Å². The molecule has 0 amide bonds. The molecule has 0 aromatic carbocycles. The number of hydrogen-bond donors (Lipinski definition) is 5. The van der Waals surface area contributed by atoms with E-state index in [0.717, 1.165) is 6.21 Å². The zero-order chi connectivity index (χ0) is 10.4. The molecule has 0 aliphatic carbocycles. The predicted octanol–water partition coefficient (Wildman–Crippen LogP) is -2.65. The molecule has 13 heavy (non-hydrogen) atoms. The van der Waals surface area contributed by atoms with Crippen LogP contribution in [-0.2, 0) is 0 Å². The Morgan fingerprint density at radius 3 is 2.15 bits per heavy atom. The molecule has 0 aromatic heterocycles. The Morgan fingerprint density at radius 1 is 1.31 bits per heavy atom. The van der Waals surface area contributed by atoms with Crippen molar-refractivity contribution in [3.05, 3.63) is 0 Å². The Kier molecular flexibility index (Phi) is 4.97. The van der Waals surface area contributed by atoms with E-state index in [4.69, 9.17) is 16.8 Å². The van der Waals surface area contributed by atoms with E-state index in [1.807, 2.05) is 0 Å². The van der Waals surface area contributed by atoms with Crippen molar-refractivity contribution >= 4 is 11.9 Å². The van der Waals surface area contributed by atoms with Gasteiger partial charge in [-0.25, -0.2) is 0 Å². The summed E-state index contributed by atoms with van der Waals surface area (Å²) in [5, 5.41) is 33.6. The van der Waals surface area contributed by atoms with Crippen LogP contribution in [0.15, 0.2) is 10.2 Å². The third-order valence-corrected chi connectivity index (χ3v) is 1.48. The van der Waals surface area contributed by atoms with Gasteiger partial charge in [-0.15, -0.1) is 0 Å². The molecule has 0 bridgehead atoms. The first-order valence-electron chi connectivity index (χ1n) is 3.59. The second kappa shape index (κ2) is 5.46. The van der Waals surface area contributed by atoms with E-state index in [9.17, 15) is 10.2 Å². The Labute approximate surface area is 75.4 Å². The highest BCUT2D eigenvalue weighted by Crippen LogP contribution is 2.00. The van der Waals surface area contributed by atoms with E-state index in [0.29, 0.717) is 0 Å². The van der Waals surface area contributed by atoms with Crippen molar-refractivity contribution in [3.8, 4) is 0 Å². The number of nitrogens with zero attached hydrogens (tertiary/aromatic N) is 2. The molecule has 0 radical (unpaired) electrons. The average molecular weight is 190 g/mol. The summed E-state index contributed by atoms with van der Waals surface area (Å²) in [6.45, 7) is 1.32. The van der Waals surface area contributed by atoms with Gasteiger partial charge in [0.15, 0.2) is 0 Å². The summed E-state index contributed by atoms with van der Waals surface area (Å²) in [6.07, 6.45) is -2.88. The minimum atomic E-state index is -1.41. The highest BCUT2D eigenvalue weighted by molar-refractivity contribution is 6.32. The van der Waals surface area contributed by atoms with Crippen LogP contribution in [0.1, 0.15) is 6.92 Å². The number of aliphatic hydroxyl groups is 3. The molecule has 0 saturated heterocycles. The maximum Gasteiger partial charge on any atom is 0.128 e. The van der Waals surface area contributed by atoms with Crippen LogP contribution >= 0.6 is 0 Å². The molecular formula is C6H14N4O3. The van der Waals surface area contributed by atoms with Crippen molar-refractivity contribution < 1.29 is 15.3 Å². The smallest absolute Gasteiger partial charge is 0.128 e. The Hall–Kier alpha value is -1.18. The third-order valence-electron chi connectivity index (χ3n) is 1.48. The van der Waals surface area contributed by atoms with E-state index in [2.05, 4.69) is 10.2 Å². The number of hydrogen-bond acceptors (Lipinski definition) is 7. The summed E-state index contributed by atoms with van der Waals surface area (Å²) in [7, 11) is 0. The lowest BCUT2D eigenvalue weighted by molar-refractivity contribution is -0.0249. The maximum atomic E-state index is 9.31. The van der Waals surface area contributed by atoms with E-state index >= 15 is 0 Å². The first kappa shape index (κ1) is 11.8. The molecule has 7 nitrogen and oxygen atoms in total. The first-order valence-corrected chi connectivity index (χ1v) is 3.59. The lowest BCUT2D eigenvalue weighted by Gasteiger charge is -2.19. The van der Waals surface area contributed by atoms with Gasteiger partial charge in [-0.1, -0.05) is 0 Å². The van der Waals surface area contributed by atoms with Crippen molar-refractivity contribution in [1.82, 2.24) is 0 Å². The number of rotatable bonds is 4. The van der Waals surface area contributed by atoms with Gasteiger partial charge >= 0.3 is 0 Å². The van der Waals surface area contributed by atoms with Gasteiger partial charge in [0, 0.05) is 0 Å². The third kappa shape index (κ3) is 3.36. The number of nitrogens with two attached hydrogens (primary N) is 2. The SMILES string of the molecule is CC(O)C(O)C(O)C(C=NN)=NN. The van der Waals surface area contributed by atoms with Gasteiger partial charge in [-0.2, -0.15) is 10.2 Å². The molecule has 0 aromatic rings. The number of hydrazone groups is 2. The van der Waals surface area contributed by atoms with Crippen molar-refractivity contribution in [2.75, 3.05) is 0 Å². The molecule has 0 saturated carbocycles. The Balaban J connectivity index is 4.46. The fourth-order valence-electron chi connectivity index (χ4n) is 0.701. The normalized spacial score (nSPS) is 20.2. The Morgan fingerprint density at radius 2 is 1.85 bits per heavy atom. The van der Waals surface area contributed by atoms with Crippen molar-refractivity contribution in [3.63, 3.8) is 0 Å². The largest absolute Gasteiger partial charge is 0.391 e. The molecule has 3 atom stereocenters. The molecular weight excluding hydrogens is 176 g/mol. The summed E-state index contributed by atoms with van der Waals surface area (Å²) in [5.41, 5.74) is -0.101. The summed E-state index contributed by atoms with van der Waals surface area (Å²) < 4.78 is 0. The van der Waals surface area contributed by atoms with Gasteiger partial charge in [-0.05, 0) is 6.92 Å². The van der Waals surface area contributed by atoms with E-state index < -0.39 is 18.3 Å². The van der Waals surface area contributed by atoms with Gasteiger partial charge in [0.2, 0.25) is 0 Å². The van der Waals surface area contributed by atoms with Crippen LogP contribution in [0, 0.1) is 0 Å². The summed E-state index contributed by atoms with van der Waals surface area (Å²) in [5.74, 6) is 9.68. The Bertz CT molecular complexity index is 204. The highest BCUT2D eigenvalue weighted by Gasteiger charge is 2.25. The lowest BCUT2D eigenvalue weighted by Crippen LogP contribution is -2.42. The van der Waals surface area contributed by atoms with E-state index in [1.54, 1.807) is 0 Å². The molecule has 0 aliphatic heterocycles. The van der Waals surface area contributed by atoms with Crippen LogP contribution < -0.4 is 11.7 Å². The van der Waals surface area contributed by atoms with E-state index in [1.165, 1.54) is 6.92 Å². The number of aliphatic hydroxyl groups excluding tert-OH is 3. The summed E-state index contributed by atoms with van der Waals surface area (Å²) in [4.78, 5) is 0. The first-order chi connectivity index (χ1) is 6.04. The van der Waals surface area contributed by atoms with Gasteiger partial charge in [0.05, 0.1) is 12.3 Å². The molecule has 3 unspecified atom stereocenters. The van der Waals surface area contributed by atoms with Crippen LogP contribution in [0.4, 0.5) is 0 Å². The summed E-state index contributed by atoms with van der Waals surface area (Å²) >= 11 is 0. The molecule has 0 heterocycles. The van der Waals surface area contributed by atoms with Crippen molar-refractivity contribution in [2.45, 2.75) is 25.2 Å². The van der Waals surface area contributed by atoms with Crippen LogP contribution in [0.5, 0.6) is 0 Å². The van der Waals surface area contributed by atoms with Crippen LogP contribution in [0.25, 0.3) is 0 Å². The van der Waals surface area contributed by atoms with Crippen molar-refractivity contribution in [2.24, 2.45) is 21.9 Å². The monoisotopic (exact) mass is 190 g/mol. The molecule has 7 heteroatoms. The quantitative estimate of drug-likeness (QED) is 0.187. The zero-order valence-electron chi connectivity index (χ0n) is 7.20. The van der Waals surface area contributed by atoms with Gasteiger partial charge in [0.25, 0.3) is 0 Å². The van der Waals surface area contributed by atoms with Gasteiger partial charge in [-0.3, -0.25) is 0 Å². The molecule has 76 valence electrons. The standard InChI is InChI=1S/C6H14N4O3/c1-3(11)5(12)6(13)4(10-8)2-9-7/h2-3,5-6,11-13H,7-8H2,1H3.